The number of ether oxygens (including phenoxy) is 1. The van der Waals surface area contributed by atoms with Gasteiger partial charge in [0.25, 0.3) is 0 Å². The van der Waals surface area contributed by atoms with E-state index in [-0.39, 0.29) is 5.75 Å². The number of nitrogens with two attached hydrogens (primary N) is 1. The van der Waals surface area contributed by atoms with Crippen molar-refractivity contribution in [2.45, 2.75) is 38.5 Å². The van der Waals surface area contributed by atoms with Crippen LogP contribution >= 0.6 is 0 Å². The van der Waals surface area contributed by atoms with Crippen LogP contribution in [-0.4, -0.2) is 26.0 Å². The second kappa shape index (κ2) is 5.51. The number of benzene rings is 1. The van der Waals surface area contributed by atoms with Gasteiger partial charge in [-0.05, 0) is 33.8 Å². The first-order chi connectivity index (χ1) is 8.58. The van der Waals surface area contributed by atoms with Gasteiger partial charge in [-0.1, -0.05) is 17.7 Å². The molecule has 0 saturated carbocycles. The van der Waals surface area contributed by atoms with Crippen molar-refractivity contribution < 1.29 is 13.2 Å². The topological polar surface area (TPSA) is 69.4 Å². The minimum Gasteiger partial charge on any atom is -0.496 e. The van der Waals surface area contributed by atoms with E-state index in [1.165, 1.54) is 0 Å². The van der Waals surface area contributed by atoms with E-state index >= 15 is 0 Å². The van der Waals surface area contributed by atoms with Crippen molar-refractivity contribution in [3.63, 3.8) is 0 Å². The van der Waals surface area contributed by atoms with Gasteiger partial charge in [0.2, 0.25) is 0 Å². The average Bonchev–Trinajstić information content (AvgIpc) is 2.26. The summed E-state index contributed by atoms with van der Waals surface area (Å²) in [6.07, 6.45) is 0. The molecule has 2 N–H and O–H groups in total. The van der Waals surface area contributed by atoms with Crippen LogP contribution in [0.4, 0.5) is 0 Å². The quantitative estimate of drug-likeness (QED) is 0.921. The molecule has 0 amide bonds. The second-order valence-corrected chi connectivity index (χ2v) is 8.53. The molecule has 0 aliphatic heterocycles. The van der Waals surface area contributed by atoms with E-state index in [0.29, 0.717) is 5.75 Å². The summed E-state index contributed by atoms with van der Waals surface area (Å²) in [6, 6.07) is 5.02. The van der Waals surface area contributed by atoms with E-state index in [0.717, 1.165) is 11.1 Å². The maximum atomic E-state index is 12.2. The summed E-state index contributed by atoms with van der Waals surface area (Å²) in [6.45, 7) is 6.99. The summed E-state index contributed by atoms with van der Waals surface area (Å²) in [5.74, 6) is 0.540. The molecule has 4 nitrogen and oxygen atoms in total. The molecule has 1 aromatic rings. The standard InChI is InChI=1S/C14H23NO3S/c1-10-6-7-13(18-5)11(8-10)12(15)9-19(16,17)14(2,3)4/h6-8,12H,9,15H2,1-5H3. The van der Waals surface area contributed by atoms with Gasteiger partial charge in [0.1, 0.15) is 5.75 Å². The van der Waals surface area contributed by atoms with Crippen molar-refractivity contribution in [3.8, 4) is 5.75 Å². The fourth-order valence-corrected chi connectivity index (χ4v) is 2.87. The molecule has 0 spiro atoms. The van der Waals surface area contributed by atoms with E-state index in [9.17, 15) is 8.42 Å². The lowest BCUT2D eigenvalue weighted by atomic mass is 10.1. The number of aryl methyl sites for hydroxylation is 1. The van der Waals surface area contributed by atoms with Crippen LogP contribution in [0.15, 0.2) is 18.2 Å². The van der Waals surface area contributed by atoms with Crippen LogP contribution in [0.2, 0.25) is 0 Å². The van der Waals surface area contributed by atoms with Crippen LogP contribution in [0.1, 0.15) is 37.9 Å². The zero-order valence-electron chi connectivity index (χ0n) is 12.2. The molecule has 5 heteroatoms. The highest BCUT2D eigenvalue weighted by molar-refractivity contribution is 7.92. The third-order valence-corrected chi connectivity index (χ3v) is 5.78. The minimum absolute atomic E-state index is 0.0870. The third kappa shape index (κ3) is 3.70. The summed E-state index contributed by atoms with van der Waals surface area (Å²) < 4.78 is 28.8. The number of hydrogen-bond acceptors (Lipinski definition) is 4. The van der Waals surface area contributed by atoms with E-state index < -0.39 is 20.6 Å². The van der Waals surface area contributed by atoms with Gasteiger partial charge in [-0.3, -0.25) is 0 Å². The fourth-order valence-electron chi connectivity index (χ4n) is 1.72. The molecule has 108 valence electrons. The van der Waals surface area contributed by atoms with Crippen LogP contribution in [0.5, 0.6) is 5.75 Å². The molecule has 0 aliphatic rings. The van der Waals surface area contributed by atoms with Gasteiger partial charge in [0.15, 0.2) is 9.84 Å². The summed E-state index contributed by atoms with van der Waals surface area (Å²) in [5, 5.41) is 0. The van der Waals surface area contributed by atoms with Crippen molar-refractivity contribution in [1.82, 2.24) is 0 Å². The number of rotatable bonds is 4. The Balaban J connectivity index is 3.09. The molecule has 0 aromatic heterocycles. The van der Waals surface area contributed by atoms with E-state index in [1.54, 1.807) is 27.9 Å². The van der Waals surface area contributed by atoms with Crippen LogP contribution in [0.3, 0.4) is 0 Å². The molecule has 0 bridgehead atoms. The zero-order valence-corrected chi connectivity index (χ0v) is 13.0. The largest absolute Gasteiger partial charge is 0.496 e. The molecule has 1 aromatic carbocycles. The van der Waals surface area contributed by atoms with Gasteiger partial charge in [-0.2, -0.15) is 0 Å². The van der Waals surface area contributed by atoms with E-state index in [1.807, 2.05) is 25.1 Å². The Morgan fingerprint density at radius 3 is 2.37 bits per heavy atom. The predicted molar refractivity (Wildman–Crippen MR) is 78.2 cm³/mol. The van der Waals surface area contributed by atoms with Gasteiger partial charge in [-0.25, -0.2) is 8.42 Å². The van der Waals surface area contributed by atoms with Gasteiger partial charge >= 0.3 is 0 Å². The van der Waals surface area contributed by atoms with Crippen LogP contribution in [0.25, 0.3) is 0 Å². The first-order valence-corrected chi connectivity index (χ1v) is 7.86. The first-order valence-electron chi connectivity index (χ1n) is 6.21. The van der Waals surface area contributed by atoms with Gasteiger partial charge < -0.3 is 10.5 Å². The lowest BCUT2D eigenvalue weighted by Crippen LogP contribution is -2.35. The van der Waals surface area contributed by atoms with Crippen molar-refractivity contribution >= 4 is 9.84 Å². The molecule has 1 unspecified atom stereocenters. The highest BCUT2D eigenvalue weighted by Crippen LogP contribution is 2.28. The molecule has 0 saturated heterocycles. The molecular weight excluding hydrogens is 262 g/mol. The Kier molecular flexibility index (Phi) is 4.63. The van der Waals surface area contributed by atoms with Crippen molar-refractivity contribution in [2.24, 2.45) is 5.73 Å². The predicted octanol–water partition coefficient (Wildman–Crippen LogP) is 2.22. The molecule has 1 rings (SSSR count). The van der Waals surface area contributed by atoms with Crippen LogP contribution in [-0.2, 0) is 9.84 Å². The lowest BCUT2D eigenvalue weighted by molar-refractivity contribution is 0.406. The maximum Gasteiger partial charge on any atom is 0.157 e. The number of sulfone groups is 1. The summed E-state index contributed by atoms with van der Waals surface area (Å²) in [5.41, 5.74) is 7.82. The van der Waals surface area contributed by atoms with Crippen molar-refractivity contribution in [2.75, 3.05) is 12.9 Å². The normalized spacial score (nSPS) is 14.2. The molecule has 0 radical (unpaired) electrons. The lowest BCUT2D eigenvalue weighted by Gasteiger charge is -2.23. The fraction of sp³-hybridized carbons (Fsp3) is 0.571. The SMILES string of the molecule is COc1ccc(C)cc1C(N)CS(=O)(=O)C(C)(C)C. The highest BCUT2D eigenvalue weighted by atomic mass is 32.2. The van der Waals surface area contributed by atoms with Crippen LogP contribution in [0, 0.1) is 6.92 Å². The summed E-state index contributed by atoms with van der Waals surface area (Å²) in [7, 11) is -1.71. The van der Waals surface area contributed by atoms with Gasteiger partial charge in [-0.15, -0.1) is 0 Å². The first kappa shape index (κ1) is 16.0. The van der Waals surface area contributed by atoms with Crippen molar-refractivity contribution in [3.05, 3.63) is 29.3 Å². The summed E-state index contributed by atoms with van der Waals surface area (Å²) >= 11 is 0. The minimum atomic E-state index is -3.26. The third-order valence-electron chi connectivity index (χ3n) is 3.12. The Morgan fingerprint density at radius 1 is 1.32 bits per heavy atom. The van der Waals surface area contributed by atoms with Gasteiger partial charge in [0.05, 0.1) is 17.6 Å². The van der Waals surface area contributed by atoms with E-state index in [4.69, 9.17) is 10.5 Å². The molecule has 1 atom stereocenters. The van der Waals surface area contributed by atoms with Crippen LogP contribution < -0.4 is 10.5 Å². The van der Waals surface area contributed by atoms with E-state index in [2.05, 4.69) is 0 Å². The Labute approximate surface area is 115 Å². The highest BCUT2D eigenvalue weighted by Gasteiger charge is 2.31. The van der Waals surface area contributed by atoms with Crippen molar-refractivity contribution in [1.29, 1.82) is 0 Å². The smallest absolute Gasteiger partial charge is 0.157 e. The zero-order chi connectivity index (χ0) is 14.8. The average molecular weight is 285 g/mol. The number of methoxy groups -OCH3 is 1. The number of hydrogen-bond donors (Lipinski definition) is 1. The second-order valence-electron chi connectivity index (χ2n) is 5.75. The molecule has 0 aliphatic carbocycles. The van der Waals surface area contributed by atoms with Gasteiger partial charge in [0, 0.05) is 11.6 Å². The molecule has 0 fully saturated rings. The Morgan fingerprint density at radius 2 is 1.89 bits per heavy atom. The molecule has 19 heavy (non-hydrogen) atoms. The Bertz CT molecular complexity index is 544. The molecular formula is C14H23NO3S. The maximum absolute atomic E-state index is 12.2. The monoisotopic (exact) mass is 285 g/mol. The molecule has 0 heterocycles. The Hall–Kier alpha value is -1.07. The summed E-state index contributed by atoms with van der Waals surface area (Å²) in [4.78, 5) is 0.